The molecule has 1 aromatic heterocycles. The lowest BCUT2D eigenvalue weighted by Crippen LogP contribution is -2.42. The first kappa shape index (κ1) is 15.3. The zero-order valence-corrected chi connectivity index (χ0v) is 12.6. The average molecular weight is 295 g/mol. The van der Waals surface area contributed by atoms with Gasteiger partial charge in [-0.1, -0.05) is 0 Å². The summed E-state index contributed by atoms with van der Waals surface area (Å²) in [6.07, 6.45) is 1.26. The summed E-state index contributed by atoms with van der Waals surface area (Å²) in [4.78, 5) is 41.2. The predicted molar refractivity (Wildman–Crippen MR) is 77.5 cm³/mol. The van der Waals surface area contributed by atoms with E-state index in [1.807, 2.05) is 20.8 Å². The minimum atomic E-state index is -0.539. The number of rotatable bonds is 1. The molecule has 1 amide bonds. The second-order valence-electron chi connectivity index (χ2n) is 6.31. The van der Waals surface area contributed by atoms with Gasteiger partial charge in [-0.25, -0.2) is 9.59 Å². The van der Waals surface area contributed by atoms with Crippen molar-refractivity contribution in [2.45, 2.75) is 45.1 Å². The van der Waals surface area contributed by atoms with Crippen LogP contribution in [0.5, 0.6) is 0 Å². The number of ether oxygens (including phenoxy) is 1. The molecule has 7 nitrogen and oxygen atoms in total. The second-order valence-corrected chi connectivity index (χ2v) is 6.31. The number of piperidine rings is 1. The standard InChI is InChI=1S/C14H21N3O4/c1-14(2,3)21-13(20)17-6-4-5-9(8-17)10-7-11(18)16-12(19)15-10/h7,9H,4-6,8H2,1-3H3,(H2,15,16,18,19). The molecule has 0 saturated carbocycles. The number of likely N-dealkylation sites (tertiary alicyclic amines) is 1. The maximum atomic E-state index is 12.1. The fourth-order valence-electron chi connectivity index (χ4n) is 2.43. The number of amides is 1. The molecule has 1 unspecified atom stereocenters. The maximum Gasteiger partial charge on any atom is 0.410 e. The number of aromatic amines is 2. The fourth-order valence-corrected chi connectivity index (χ4v) is 2.43. The molecule has 0 radical (unpaired) electrons. The first-order chi connectivity index (χ1) is 9.74. The van der Waals surface area contributed by atoms with Crippen molar-refractivity contribution in [2.75, 3.05) is 13.1 Å². The topological polar surface area (TPSA) is 95.3 Å². The van der Waals surface area contributed by atoms with Crippen LogP contribution < -0.4 is 11.2 Å². The molecular weight excluding hydrogens is 274 g/mol. The van der Waals surface area contributed by atoms with Crippen molar-refractivity contribution in [3.8, 4) is 0 Å². The van der Waals surface area contributed by atoms with Gasteiger partial charge in [0.2, 0.25) is 0 Å². The van der Waals surface area contributed by atoms with Gasteiger partial charge in [-0.15, -0.1) is 0 Å². The maximum absolute atomic E-state index is 12.1. The van der Waals surface area contributed by atoms with Gasteiger partial charge >= 0.3 is 11.8 Å². The number of nitrogens with one attached hydrogen (secondary N) is 2. The lowest BCUT2D eigenvalue weighted by atomic mass is 9.95. The van der Waals surface area contributed by atoms with Crippen molar-refractivity contribution in [1.82, 2.24) is 14.9 Å². The Balaban J connectivity index is 2.12. The Kier molecular flexibility index (Phi) is 4.20. The highest BCUT2D eigenvalue weighted by atomic mass is 16.6. The van der Waals surface area contributed by atoms with E-state index < -0.39 is 16.9 Å². The van der Waals surface area contributed by atoms with Crippen molar-refractivity contribution in [3.05, 3.63) is 32.6 Å². The molecule has 1 aliphatic rings. The summed E-state index contributed by atoms with van der Waals surface area (Å²) in [7, 11) is 0. The van der Waals surface area contributed by atoms with E-state index in [0.29, 0.717) is 18.8 Å². The number of nitrogens with zero attached hydrogens (tertiary/aromatic N) is 1. The second kappa shape index (κ2) is 5.75. The van der Waals surface area contributed by atoms with Crippen molar-refractivity contribution in [3.63, 3.8) is 0 Å². The van der Waals surface area contributed by atoms with Gasteiger partial charge in [0.05, 0.1) is 0 Å². The summed E-state index contributed by atoms with van der Waals surface area (Å²) >= 11 is 0. The normalized spacial score (nSPS) is 19.4. The van der Waals surface area contributed by atoms with E-state index in [9.17, 15) is 14.4 Å². The van der Waals surface area contributed by atoms with Crippen LogP contribution in [0.15, 0.2) is 15.7 Å². The molecular formula is C14H21N3O4. The van der Waals surface area contributed by atoms with Crippen LogP contribution in [0.1, 0.15) is 45.2 Å². The Bertz CT molecular complexity index is 598. The molecule has 0 aliphatic carbocycles. The van der Waals surface area contributed by atoms with Crippen molar-refractivity contribution < 1.29 is 9.53 Å². The van der Waals surface area contributed by atoms with E-state index in [-0.39, 0.29) is 12.0 Å². The van der Waals surface area contributed by atoms with Crippen LogP contribution in [0.3, 0.4) is 0 Å². The average Bonchev–Trinajstić information content (AvgIpc) is 2.36. The first-order valence-corrected chi connectivity index (χ1v) is 7.06. The van der Waals surface area contributed by atoms with E-state index in [0.717, 1.165) is 12.8 Å². The van der Waals surface area contributed by atoms with Crippen LogP contribution in [-0.2, 0) is 4.74 Å². The molecule has 2 heterocycles. The van der Waals surface area contributed by atoms with Crippen molar-refractivity contribution in [2.24, 2.45) is 0 Å². The molecule has 1 fully saturated rings. The molecule has 0 bridgehead atoms. The molecule has 2 rings (SSSR count). The fraction of sp³-hybridized carbons (Fsp3) is 0.643. The monoisotopic (exact) mass is 295 g/mol. The van der Waals surface area contributed by atoms with E-state index in [4.69, 9.17) is 4.74 Å². The number of aromatic nitrogens is 2. The van der Waals surface area contributed by atoms with E-state index >= 15 is 0 Å². The lowest BCUT2D eigenvalue weighted by molar-refractivity contribution is 0.0197. The summed E-state index contributed by atoms with van der Waals surface area (Å²) in [5, 5.41) is 0. The summed E-state index contributed by atoms with van der Waals surface area (Å²) < 4.78 is 5.36. The molecule has 116 valence electrons. The molecule has 2 N–H and O–H groups in total. The van der Waals surface area contributed by atoms with Gasteiger partial charge in [0.15, 0.2) is 0 Å². The van der Waals surface area contributed by atoms with Gasteiger partial charge in [0.1, 0.15) is 5.60 Å². The number of H-pyrrole nitrogens is 2. The highest BCUT2D eigenvalue weighted by Gasteiger charge is 2.28. The molecule has 7 heteroatoms. The predicted octanol–water partition coefficient (Wildman–Crippen LogP) is 1.18. The van der Waals surface area contributed by atoms with Gasteiger partial charge in [0.25, 0.3) is 5.56 Å². The summed E-state index contributed by atoms with van der Waals surface area (Å²) in [5.74, 6) is -0.0544. The highest BCUT2D eigenvalue weighted by molar-refractivity contribution is 5.68. The van der Waals surface area contributed by atoms with Gasteiger partial charge in [-0.3, -0.25) is 9.78 Å². The van der Waals surface area contributed by atoms with Crippen LogP contribution in [0.2, 0.25) is 0 Å². The quantitative estimate of drug-likeness (QED) is 0.813. The van der Waals surface area contributed by atoms with Crippen LogP contribution in [0, 0.1) is 0 Å². The van der Waals surface area contributed by atoms with E-state index in [2.05, 4.69) is 9.97 Å². The van der Waals surface area contributed by atoms with Crippen molar-refractivity contribution in [1.29, 1.82) is 0 Å². The van der Waals surface area contributed by atoms with Crippen molar-refractivity contribution >= 4 is 6.09 Å². The van der Waals surface area contributed by atoms with Crippen LogP contribution in [-0.4, -0.2) is 39.7 Å². The Morgan fingerprint density at radius 3 is 2.67 bits per heavy atom. The minimum Gasteiger partial charge on any atom is -0.444 e. The third kappa shape index (κ3) is 4.21. The lowest BCUT2D eigenvalue weighted by Gasteiger charge is -2.34. The van der Waals surface area contributed by atoms with Crippen LogP contribution >= 0.6 is 0 Å². The largest absolute Gasteiger partial charge is 0.444 e. The number of hydrogen-bond acceptors (Lipinski definition) is 4. The van der Waals surface area contributed by atoms with Gasteiger partial charge in [-0.05, 0) is 33.6 Å². The molecule has 21 heavy (non-hydrogen) atoms. The molecule has 0 spiro atoms. The first-order valence-electron chi connectivity index (χ1n) is 7.06. The summed E-state index contributed by atoms with van der Waals surface area (Å²) in [6, 6.07) is 1.38. The number of carbonyl (C=O) groups excluding carboxylic acids is 1. The Hall–Kier alpha value is -2.05. The smallest absolute Gasteiger partial charge is 0.410 e. The van der Waals surface area contributed by atoms with E-state index in [1.54, 1.807) is 4.90 Å². The highest BCUT2D eigenvalue weighted by Crippen LogP contribution is 2.25. The van der Waals surface area contributed by atoms with E-state index in [1.165, 1.54) is 6.07 Å². The van der Waals surface area contributed by atoms with Gasteiger partial charge in [0, 0.05) is 30.8 Å². The minimum absolute atomic E-state index is 0.0544. The molecule has 0 aromatic carbocycles. The Morgan fingerprint density at radius 1 is 1.33 bits per heavy atom. The Morgan fingerprint density at radius 2 is 2.05 bits per heavy atom. The summed E-state index contributed by atoms with van der Waals surface area (Å²) in [5.41, 5.74) is -0.922. The SMILES string of the molecule is CC(C)(C)OC(=O)N1CCCC(c2cc(=O)[nH]c(=O)[nH]2)C1. The van der Waals surface area contributed by atoms with Crippen LogP contribution in [0.25, 0.3) is 0 Å². The van der Waals surface area contributed by atoms with Crippen LogP contribution in [0.4, 0.5) is 4.79 Å². The third-order valence-corrected chi connectivity index (χ3v) is 3.29. The number of carbonyl (C=O) groups is 1. The van der Waals surface area contributed by atoms with Gasteiger partial charge < -0.3 is 14.6 Å². The number of hydrogen-bond donors (Lipinski definition) is 2. The molecule has 1 atom stereocenters. The zero-order valence-electron chi connectivity index (χ0n) is 12.6. The Labute approximate surface area is 122 Å². The molecule has 1 saturated heterocycles. The molecule has 1 aromatic rings. The summed E-state index contributed by atoms with van der Waals surface area (Å²) in [6.45, 7) is 6.52. The molecule has 1 aliphatic heterocycles. The zero-order chi connectivity index (χ0) is 15.6. The third-order valence-electron chi connectivity index (χ3n) is 3.29. The van der Waals surface area contributed by atoms with Gasteiger partial charge in [-0.2, -0.15) is 0 Å².